The van der Waals surface area contributed by atoms with Gasteiger partial charge in [-0.25, -0.2) is 4.39 Å². The van der Waals surface area contributed by atoms with Crippen molar-refractivity contribution in [3.8, 4) is 0 Å². The highest BCUT2D eigenvalue weighted by Crippen LogP contribution is 2.22. The van der Waals surface area contributed by atoms with Gasteiger partial charge in [-0.3, -0.25) is 0 Å². The van der Waals surface area contributed by atoms with E-state index in [1.165, 1.54) is 12.1 Å². The summed E-state index contributed by atoms with van der Waals surface area (Å²) in [7, 11) is 2.01. The molecule has 0 amide bonds. The van der Waals surface area contributed by atoms with Gasteiger partial charge in [0.25, 0.3) is 0 Å². The standard InChI is InChI=1S/C15H15ClFN/c1-18(11-12-6-8-14(17)9-7-12)15-5-3-2-4-13(15)10-16/h2-9H,10-11H2,1H3. The fraction of sp³-hybridized carbons (Fsp3) is 0.200. The molecule has 0 saturated carbocycles. The van der Waals surface area contributed by atoms with E-state index in [2.05, 4.69) is 4.90 Å². The predicted octanol–water partition coefficient (Wildman–Crippen LogP) is 4.20. The Kier molecular flexibility index (Phi) is 4.21. The lowest BCUT2D eigenvalue weighted by atomic mass is 10.1. The molecule has 94 valence electrons. The number of anilines is 1. The first kappa shape index (κ1) is 12.9. The van der Waals surface area contributed by atoms with Crippen LogP contribution in [0.3, 0.4) is 0 Å². The summed E-state index contributed by atoms with van der Waals surface area (Å²) in [5, 5.41) is 0. The van der Waals surface area contributed by atoms with Gasteiger partial charge in [0.2, 0.25) is 0 Å². The predicted molar refractivity (Wildman–Crippen MR) is 74.5 cm³/mol. The molecule has 0 radical (unpaired) electrons. The van der Waals surface area contributed by atoms with Crippen LogP contribution >= 0.6 is 11.6 Å². The number of para-hydroxylation sites is 1. The molecule has 0 fully saturated rings. The Hall–Kier alpha value is -1.54. The molecule has 0 spiro atoms. The van der Waals surface area contributed by atoms with Gasteiger partial charge in [-0.15, -0.1) is 11.6 Å². The normalized spacial score (nSPS) is 10.4. The van der Waals surface area contributed by atoms with E-state index >= 15 is 0 Å². The fourth-order valence-electron chi connectivity index (χ4n) is 1.95. The van der Waals surface area contributed by atoms with Crippen LogP contribution in [0.15, 0.2) is 48.5 Å². The maximum absolute atomic E-state index is 12.8. The topological polar surface area (TPSA) is 3.24 Å². The number of nitrogens with zero attached hydrogens (tertiary/aromatic N) is 1. The third kappa shape index (κ3) is 3.02. The van der Waals surface area contributed by atoms with E-state index in [0.29, 0.717) is 5.88 Å². The average Bonchev–Trinajstić information content (AvgIpc) is 2.41. The molecule has 0 aliphatic rings. The van der Waals surface area contributed by atoms with Crippen LogP contribution in [0.5, 0.6) is 0 Å². The van der Waals surface area contributed by atoms with Crippen LogP contribution in [0, 0.1) is 5.82 Å². The van der Waals surface area contributed by atoms with Gasteiger partial charge < -0.3 is 4.90 Å². The first-order valence-corrected chi connectivity index (χ1v) is 6.33. The summed E-state index contributed by atoms with van der Waals surface area (Å²) in [6.45, 7) is 0.730. The Labute approximate surface area is 112 Å². The van der Waals surface area contributed by atoms with Crippen LogP contribution in [0.25, 0.3) is 0 Å². The lowest BCUT2D eigenvalue weighted by Crippen LogP contribution is -2.17. The molecule has 0 aliphatic carbocycles. The number of hydrogen-bond donors (Lipinski definition) is 0. The van der Waals surface area contributed by atoms with Gasteiger partial charge in [0, 0.05) is 25.2 Å². The van der Waals surface area contributed by atoms with E-state index in [1.807, 2.05) is 31.3 Å². The molecule has 0 unspecified atom stereocenters. The summed E-state index contributed by atoms with van der Waals surface area (Å²) in [5.74, 6) is 0.284. The van der Waals surface area contributed by atoms with Crippen molar-refractivity contribution in [1.82, 2.24) is 0 Å². The van der Waals surface area contributed by atoms with Crippen LogP contribution in [0.2, 0.25) is 0 Å². The molecule has 0 aromatic heterocycles. The van der Waals surface area contributed by atoms with E-state index in [4.69, 9.17) is 11.6 Å². The van der Waals surface area contributed by atoms with Crippen LogP contribution in [0.4, 0.5) is 10.1 Å². The van der Waals surface area contributed by atoms with Crippen molar-refractivity contribution >= 4 is 17.3 Å². The highest BCUT2D eigenvalue weighted by atomic mass is 35.5. The van der Waals surface area contributed by atoms with E-state index in [9.17, 15) is 4.39 Å². The van der Waals surface area contributed by atoms with Gasteiger partial charge in [-0.2, -0.15) is 0 Å². The van der Waals surface area contributed by atoms with Crippen LogP contribution < -0.4 is 4.90 Å². The average molecular weight is 264 g/mol. The Morgan fingerprint density at radius 3 is 2.39 bits per heavy atom. The van der Waals surface area contributed by atoms with Gasteiger partial charge in [-0.1, -0.05) is 30.3 Å². The summed E-state index contributed by atoms with van der Waals surface area (Å²) in [5.41, 5.74) is 3.28. The minimum atomic E-state index is -0.206. The minimum absolute atomic E-state index is 0.206. The quantitative estimate of drug-likeness (QED) is 0.748. The zero-order valence-electron chi connectivity index (χ0n) is 10.2. The fourth-order valence-corrected chi connectivity index (χ4v) is 2.17. The SMILES string of the molecule is CN(Cc1ccc(F)cc1)c1ccccc1CCl. The molecule has 0 atom stereocenters. The summed E-state index contributed by atoms with van der Waals surface area (Å²) in [6, 6.07) is 14.6. The highest BCUT2D eigenvalue weighted by Gasteiger charge is 2.06. The van der Waals surface area contributed by atoms with Gasteiger partial charge in [0.1, 0.15) is 5.82 Å². The van der Waals surface area contributed by atoms with Gasteiger partial charge >= 0.3 is 0 Å². The molecule has 18 heavy (non-hydrogen) atoms. The van der Waals surface area contributed by atoms with Crippen molar-refractivity contribution in [2.24, 2.45) is 0 Å². The lowest BCUT2D eigenvalue weighted by molar-refractivity contribution is 0.627. The number of halogens is 2. The zero-order chi connectivity index (χ0) is 13.0. The van der Waals surface area contributed by atoms with E-state index in [-0.39, 0.29) is 5.82 Å². The van der Waals surface area contributed by atoms with Crippen molar-refractivity contribution in [1.29, 1.82) is 0 Å². The van der Waals surface area contributed by atoms with Crippen molar-refractivity contribution < 1.29 is 4.39 Å². The molecule has 2 aromatic rings. The minimum Gasteiger partial charge on any atom is -0.370 e. The van der Waals surface area contributed by atoms with Crippen molar-refractivity contribution in [2.45, 2.75) is 12.4 Å². The second-order valence-electron chi connectivity index (χ2n) is 4.24. The number of benzene rings is 2. The molecule has 1 nitrogen and oxygen atoms in total. The third-order valence-electron chi connectivity index (χ3n) is 2.88. The van der Waals surface area contributed by atoms with Crippen molar-refractivity contribution in [2.75, 3.05) is 11.9 Å². The van der Waals surface area contributed by atoms with E-state index in [1.54, 1.807) is 12.1 Å². The molecule has 2 rings (SSSR count). The van der Waals surface area contributed by atoms with Crippen molar-refractivity contribution in [3.63, 3.8) is 0 Å². The largest absolute Gasteiger partial charge is 0.370 e. The third-order valence-corrected chi connectivity index (χ3v) is 3.17. The maximum atomic E-state index is 12.8. The van der Waals surface area contributed by atoms with Crippen LogP contribution in [-0.2, 0) is 12.4 Å². The van der Waals surface area contributed by atoms with Gasteiger partial charge in [0.15, 0.2) is 0 Å². The van der Waals surface area contributed by atoms with Gasteiger partial charge in [0.05, 0.1) is 0 Å². The van der Waals surface area contributed by atoms with E-state index in [0.717, 1.165) is 23.4 Å². The second kappa shape index (κ2) is 5.87. The molecule has 0 N–H and O–H groups in total. The molecule has 0 bridgehead atoms. The van der Waals surface area contributed by atoms with Crippen LogP contribution in [-0.4, -0.2) is 7.05 Å². The molecule has 2 aromatic carbocycles. The molecule has 3 heteroatoms. The second-order valence-corrected chi connectivity index (χ2v) is 4.51. The highest BCUT2D eigenvalue weighted by molar-refractivity contribution is 6.17. The molecular weight excluding hydrogens is 249 g/mol. The Morgan fingerprint density at radius 2 is 1.72 bits per heavy atom. The lowest BCUT2D eigenvalue weighted by Gasteiger charge is -2.22. The summed E-state index contributed by atoms with van der Waals surface area (Å²) >= 11 is 5.92. The molecule has 0 saturated heterocycles. The van der Waals surface area contributed by atoms with E-state index < -0.39 is 0 Å². The molecule has 0 heterocycles. The number of hydrogen-bond acceptors (Lipinski definition) is 1. The van der Waals surface area contributed by atoms with Crippen molar-refractivity contribution in [3.05, 3.63) is 65.5 Å². The maximum Gasteiger partial charge on any atom is 0.123 e. The summed E-state index contributed by atoms with van der Waals surface area (Å²) in [4.78, 5) is 2.12. The van der Waals surface area contributed by atoms with Crippen LogP contribution in [0.1, 0.15) is 11.1 Å². The summed E-state index contributed by atoms with van der Waals surface area (Å²) in [6.07, 6.45) is 0. The number of rotatable bonds is 4. The first-order valence-electron chi connectivity index (χ1n) is 5.80. The molecular formula is C15H15ClFN. The zero-order valence-corrected chi connectivity index (χ0v) is 11.0. The Bertz CT molecular complexity index is 510. The Morgan fingerprint density at radius 1 is 1.06 bits per heavy atom. The summed E-state index contributed by atoms with van der Waals surface area (Å²) < 4.78 is 12.8. The van der Waals surface area contributed by atoms with Gasteiger partial charge in [-0.05, 0) is 29.3 Å². The Balaban J connectivity index is 2.16. The number of alkyl halides is 1. The molecule has 0 aliphatic heterocycles. The monoisotopic (exact) mass is 263 g/mol. The first-order chi connectivity index (χ1) is 8.70. The smallest absolute Gasteiger partial charge is 0.123 e.